The van der Waals surface area contributed by atoms with Crippen molar-refractivity contribution in [1.82, 2.24) is 14.9 Å². The van der Waals surface area contributed by atoms with Crippen LogP contribution in [0.5, 0.6) is 6.01 Å². The summed E-state index contributed by atoms with van der Waals surface area (Å²) in [5.41, 5.74) is 1.33. The minimum atomic E-state index is -0.487. The van der Waals surface area contributed by atoms with Gasteiger partial charge in [-0.25, -0.2) is 4.79 Å². The highest BCUT2D eigenvalue weighted by Gasteiger charge is 2.31. The lowest BCUT2D eigenvalue weighted by Crippen LogP contribution is -2.48. The van der Waals surface area contributed by atoms with Gasteiger partial charge in [-0.1, -0.05) is 12.1 Å². The number of carbonyl (C=O) groups excluding carboxylic acids is 1. The van der Waals surface area contributed by atoms with Gasteiger partial charge in [0, 0.05) is 6.54 Å². The zero-order valence-electron chi connectivity index (χ0n) is 14.5. The minimum absolute atomic E-state index is 0.0156. The Kier molecular flexibility index (Phi) is 4.64. The molecule has 3 rings (SSSR count). The quantitative estimate of drug-likeness (QED) is 0.930. The van der Waals surface area contributed by atoms with Crippen LogP contribution in [0.25, 0.3) is 11.0 Å². The van der Waals surface area contributed by atoms with Gasteiger partial charge in [-0.05, 0) is 52.2 Å². The second kappa shape index (κ2) is 6.71. The van der Waals surface area contributed by atoms with Crippen molar-refractivity contribution in [1.29, 1.82) is 0 Å². The van der Waals surface area contributed by atoms with E-state index in [1.807, 2.05) is 45.0 Å². The smallest absolute Gasteiger partial charge is 0.410 e. The molecule has 0 radical (unpaired) electrons. The van der Waals surface area contributed by atoms with Crippen LogP contribution in [0, 0.1) is 0 Å². The molecule has 1 amide bonds. The third-order valence-corrected chi connectivity index (χ3v) is 4.04. The van der Waals surface area contributed by atoms with E-state index in [-0.39, 0.29) is 12.1 Å². The standard InChI is InChI=1S/C18H25N3O3/c1-18(2,3)24-17(22)21-11-7-6-8-13(21)12-23-16-19-14-9-4-5-10-15(14)20-16/h4-5,9-10,13H,6-8,11-12H2,1-3H3,(H,19,20). The summed E-state index contributed by atoms with van der Waals surface area (Å²) in [7, 11) is 0. The number of amides is 1. The van der Waals surface area contributed by atoms with Crippen LogP contribution in [0.4, 0.5) is 4.79 Å². The van der Waals surface area contributed by atoms with Crippen molar-refractivity contribution < 1.29 is 14.3 Å². The van der Waals surface area contributed by atoms with Gasteiger partial charge in [0.25, 0.3) is 6.01 Å². The number of likely N-dealkylation sites (tertiary alicyclic amines) is 1. The van der Waals surface area contributed by atoms with E-state index in [1.54, 1.807) is 4.90 Å². The SMILES string of the molecule is CC(C)(C)OC(=O)N1CCCCC1COc1nc2ccccc2[nH]1. The summed E-state index contributed by atoms with van der Waals surface area (Å²) in [6.45, 7) is 6.78. The monoisotopic (exact) mass is 331 g/mol. The number of para-hydroxylation sites is 2. The molecule has 24 heavy (non-hydrogen) atoms. The Hall–Kier alpha value is -2.24. The molecule has 6 nitrogen and oxygen atoms in total. The van der Waals surface area contributed by atoms with Gasteiger partial charge < -0.3 is 19.4 Å². The summed E-state index contributed by atoms with van der Waals surface area (Å²) < 4.78 is 11.3. The number of benzene rings is 1. The number of H-pyrrole nitrogens is 1. The molecule has 0 saturated carbocycles. The van der Waals surface area contributed by atoms with E-state index in [0.29, 0.717) is 19.2 Å². The number of ether oxygens (including phenoxy) is 2. The van der Waals surface area contributed by atoms with E-state index in [1.165, 1.54) is 0 Å². The van der Waals surface area contributed by atoms with Crippen molar-refractivity contribution in [2.45, 2.75) is 51.7 Å². The number of fused-ring (bicyclic) bond motifs is 1. The van der Waals surface area contributed by atoms with E-state index < -0.39 is 5.60 Å². The van der Waals surface area contributed by atoms with Crippen molar-refractivity contribution in [3.63, 3.8) is 0 Å². The van der Waals surface area contributed by atoms with Gasteiger partial charge in [0.2, 0.25) is 0 Å². The molecule has 1 aromatic heterocycles. The number of hydrogen-bond donors (Lipinski definition) is 1. The zero-order chi connectivity index (χ0) is 17.2. The molecule has 130 valence electrons. The lowest BCUT2D eigenvalue weighted by atomic mass is 10.0. The topological polar surface area (TPSA) is 67.4 Å². The molecule has 0 bridgehead atoms. The summed E-state index contributed by atoms with van der Waals surface area (Å²) in [5.74, 6) is 0. The average molecular weight is 331 g/mol. The van der Waals surface area contributed by atoms with Crippen LogP contribution < -0.4 is 4.74 Å². The number of imidazole rings is 1. The molecule has 1 aliphatic rings. The van der Waals surface area contributed by atoms with Gasteiger partial charge >= 0.3 is 6.09 Å². The van der Waals surface area contributed by atoms with Crippen molar-refractivity contribution in [2.24, 2.45) is 0 Å². The van der Waals surface area contributed by atoms with E-state index in [4.69, 9.17) is 9.47 Å². The minimum Gasteiger partial charge on any atom is -0.463 e. The Morgan fingerprint density at radius 2 is 2.12 bits per heavy atom. The molecule has 1 fully saturated rings. The third kappa shape index (κ3) is 3.99. The first-order valence-electron chi connectivity index (χ1n) is 8.49. The number of carbonyl (C=O) groups is 1. The van der Waals surface area contributed by atoms with Crippen LogP contribution in [-0.4, -0.2) is 45.8 Å². The van der Waals surface area contributed by atoms with Crippen LogP contribution in [-0.2, 0) is 4.74 Å². The van der Waals surface area contributed by atoms with E-state index in [9.17, 15) is 4.79 Å². The molecule has 0 spiro atoms. The fourth-order valence-corrected chi connectivity index (χ4v) is 2.91. The molecule has 1 unspecified atom stereocenters. The maximum absolute atomic E-state index is 12.4. The summed E-state index contributed by atoms with van der Waals surface area (Å²) in [6.07, 6.45) is 2.74. The normalized spacial score (nSPS) is 18.6. The molecule has 2 aromatic rings. The summed E-state index contributed by atoms with van der Waals surface area (Å²) in [6, 6.07) is 8.30. The zero-order valence-corrected chi connectivity index (χ0v) is 14.5. The molecule has 6 heteroatoms. The van der Waals surface area contributed by atoms with Crippen molar-refractivity contribution in [2.75, 3.05) is 13.2 Å². The van der Waals surface area contributed by atoms with Gasteiger partial charge in [-0.3, -0.25) is 0 Å². The molecule has 1 aromatic carbocycles. The predicted molar refractivity (Wildman–Crippen MR) is 92.2 cm³/mol. The first-order chi connectivity index (χ1) is 11.4. The van der Waals surface area contributed by atoms with Crippen LogP contribution in [0.1, 0.15) is 40.0 Å². The number of nitrogens with zero attached hydrogens (tertiary/aromatic N) is 2. The molecular weight excluding hydrogens is 306 g/mol. The largest absolute Gasteiger partial charge is 0.463 e. The van der Waals surface area contributed by atoms with E-state index in [2.05, 4.69) is 9.97 Å². The van der Waals surface area contributed by atoms with Gasteiger partial charge in [0.1, 0.15) is 12.2 Å². The Morgan fingerprint density at radius 1 is 1.33 bits per heavy atom. The van der Waals surface area contributed by atoms with Crippen LogP contribution >= 0.6 is 0 Å². The van der Waals surface area contributed by atoms with Crippen LogP contribution in [0.3, 0.4) is 0 Å². The Balaban J connectivity index is 1.64. The molecule has 0 aliphatic carbocycles. The summed E-state index contributed by atoms with van der Waals surface area (Å²) >= 11 is 0. The van der Waals surface area contributed by atoms with Gasteiger partial charge in [0.05, 0.1) is 17.1 Å². The Bertz CT molecular complexity index is 672. The first kappa shape index (κ1) is 16.6. The van der Waals surface area contributed by atoms with E-state index >= 15 is 0 Å². The number of hydrogen-bond acceptors (Lipinski definition) is 4. The highest BCUT2D eigenvalue weighted by Crippen LogP contribution is 2.22. The molecule has 1 aliphatic heterocycles. The Morgan fingerprint density at radius 3 is 2.88 bits per heavy atom. The second-order valence-corrected chi connectivity index (χ2v) is 7.19. The van der Waals surface area contributed by atoms with Gasteiger partial charge in [-0.15, -0.1) is 0 Å². The fraction of sp³-hybridized carbons (Fsp3) is 0.556. The predicted octanol–water partition coefficient (Wildman–Crippen LogP) is 3.73. The average Bonchev–Trinajstić information content (AvgIpc) is 2.94. The molecule has 2 heterocycles. The van der Waals surface area contributed by atoms with Gasteiger partial charge in [0.15, 0.2) is 0 Å². The maximum atomic E-state index is 12.4. The Labute approximate surface area is 142 Å². The van der Waals surface area contributed by atoms with E-state index in [0.717, 1.165) is 30.3 Å². The lowest BCUT2D eigenvalue weighted by Gasteiger charge is -2.36. The fourth-order valence-electron chi connectivity index (χ4n) is 2.91. The highest BCUT2D eigenvalue weighted by molar-refractivity contribution is 5.75. The number of aromatic nitrogens is 2. The second-order valence-electron chi connectivity index (χ2n) is 7.19. The molecule has 1 N–H and O–H groups in total. The van der Waals surface area contributed by atoms with Crippen molar-refractivity contribution >= 4 is 17.1 Å². The maximum Gasteiger partial charge on any atom is 0.410 e. The molecule has 1 atom stereocenters. The molecule has 1 saturated heterocycles. The number of rotatable bonds is 3. The third-order valence-electron chi connectivity index (χ3n) is 4.04. The van der Waals surface area contributed by atoms with Crippen LogP contribution in [0.2, 0.25) is 0 Å². The van der Waals surface area contributed by atoms with Crippen molar-refractivity contribution in [3.8, 4) is 6.01 Å². The summed E-state index contributed by atoms with van der Waals surface area (Å²) in [5, 5.41) is 0. The van der Waals surface area contributed by atoms with Crippen molar-refractivity contribution in [3.05, 3.63) is 24.3 Å². The number of piperidine rings is 1. The van der Waals surface area contributed by atoms with Crippen LogP contribution in [0.15, 0.2) is 24.3 Å². The highest BCUT2D eigenvalue weighted by atomic mass is 16.6. The number of nitrogens with one attached hydrogen (secondary N) is 1. The first-order valence-corrected chi connectivity index (χ1v) is 8.49. The number of aromatic amines is 1. The summed E-state index contributed by atoms with van der Waals surface area (Å²) in [4.78, 5) is 21.8. The van der Waals surface area contributed by atoms with Gasteiger partial charge in [-0.2, -0.15) is 4.98 Å². The molecular formula is C18H25N3O3. The lowest BCUT2D eigenvalue weighted by molar-refractivity contribution is 0.00313.